The van der Waals surface area contributed by atoms with E-state index in [0.29, 0.717) is 11.5 Å². The zero-order chi connectivity index (χ0) is 18.9. The normalized spacial score (nSPS) is 13.2. The number of carboxylic acids is 1. The van der Waals surface area contributed by atoms with Crippen molar-refractivity contribution in [1.29, 1.82) is 0 Å². The predicted octanol–water partition coefficient (Wildman–Crippen LogP) is 4.80. The lowest BCUT2D eigenvalue weighted by atomic mass is 10.00. The lowest BCUT2D eigenvalue weighted by Gasteiger charge is -2.13. The molecule has 1 N–H and O–H groups in total. The van der Waals surface area contributed by atoms with Crippen molar-refractivity contribution in [2.75, 3.05) is 0 Å². The summed E-state index contributed by atoms with van der Waals surface area (Å²) in [6.45, 7) is 5.52. The van der Waals surface area contributed by atoms with Gasteiger partial charge in [0.1, 0.15) is 12.7 Å². The van der Waals surface area contributed by atoms with Crippen LogP contribution in [0.5, 0.6) is 0 Å². The molecule has 0 aliphatic carbocycles. The molecule has 2 aromatic rings. The third-order valence-corrected chi connectivity index (χ3v) is 3.87. The molecule has 0 aliphatic heterocycles. The molecular weight excluding hydrogens is 330 g/mol. The molecule has 136 valence electrons. The third-order valence-electron chi connectivity index (χ3n) is 3.87. The van der Waals surface area contributed by atoms with Crippen LogP contribution in [-0.4, -0.2) is 17.0 Å². The molecule has 2 rings (SSSR count). The number of aliphatic carboxylic acids is 1. The van der Waals surface area contributed by atoms with Crippen molar-refractivity contribution in [2.45, 2.75) is 33.5 Å². The van der Waals surface area contributed by atoms with Gasteiger partial charge in [-0.1, -0.05) is 65.8 Å². The monoisotopic (exact) mass is 353 g/mol. The van der Waals surface area contributed by atoms with E-state index in [4.69, 9.17) is 9.57 Å². The van der Waals surface area contributed by atoms with Crippen LogP contribution < -0.4 is 0 Å². The molecule has 0 radical (unpaired) electrons. The summed E-state index contributed by atoms with van der Waals surface area (Å²) >= 11 is 0. The van der Waals surface area contributed by atoms with Gasteiger partial charge in [-0.05, 0) is 30.5 Å². The van der Waals surface area contributed by atoms with E-state index >= 15 is 0 Å². The smallest absolute Gasteiger partial charge is 0.335 e. The molecule has 1 unspecified atom stereocenters. The number of hydrogen-bond acceptors (Lipinski definition) is 4. The van der Waals surface area contributed by atoms with E-state index in [0.717, 1.165) is 11.1 Å². The second-order valence-electron chi connectivity index (χ2n) is 5.72. The Morgan fingerprint density at radius 3 is 2.46 bits per heavy atom. The quantitative estimate of drug-likeness (QED) is 0.336. The summed E-state index contributed by atoms with van der Waals surface area (Å²) in [6.07, 6.45) is 1.39. The Morgan fingerprint density at radius 1 is 1.15 bits per heavy atom. The van der Waals surface area contributed by atoms with Crippen LogP contribution in [0.15, 0.2) is 65.8 Å². The van der Waals surface area contributed by atoms with Crippen LogP contribution in [0.2, 0.25) is 0 Å². The average Bonchev–Trinajstić information content (AvgIpc) is 2.66. The van der Waals surface area contributed by atoms with Crippen LogP contribution >= 0.6 is 0 Å². The molecule has 0 amide bonds. The zero-order valence-corrected chi connectivity index (χ0v) is 15.2. The zero-order valence-electron chi connectivity index (χ0n) is 15.2. The Kier molecular flexibility index (Phi) is 6.97. The van der Waals surface area contributed by atoms with Crippen molar-refractivity contribution in [2.24, 2.45) is 5.16 Å². The summed E-state index contributed by atoms with van der Waals surface area (Å²) in [4.78, 5) is 16.9. The van der Waals surface area contributed by atoms with E-state index < -0.39 is 5.97 Å². The topological polar surface area (TPSA) is 68.1 Å². The molecule has 0 saturated heterocycles. The molecule has 0 bridgehead atoms. The second kappa shape index (κ2) is 9.42. The van der Waals surface area contributed by atoms with Gasteiger partial charge in [0, 0.05) is 6.92 Å². The molecule has 0 spiro atoms. The van der Waals surface area contributed by atoms with E-state index in [1.807, 2.05) is 49.4 Å². The van der Waals surface area contributed by atoms with E-state index in [-0.39, 0.29) is 18.3 Å². The van der Waals surface area contributed by atoms with Crippen molar-refractivity contribution < 1.29 is 19.5 Å². The number of ether oxygens (including phenoxy) is 1. The second-order valence-corrected chi connectivity index (χ2v) is 5.72. The van der Waals surface area contributed by atoms with Crippen molar-refractivity contribution in [1.82, 2.24) is 0 Å². The van der Waals surface area contributed by atoms with Crippen LogP contribution in [-0.2, 0) is 21.0 Å². The summed E-state index contributed by atoms with van der Waals surface area (Å²) in [5.74, 6) is -0.592. The molecule has 26 heavy (non-hydrogen) atoms. The minimum absolute atomic E-state index is 0.191. The molecule has 5 heteroatoms. The van der Waals surface area contributed by atoms with Gasteiger partial charge in [-0.25, -0.2) is 4.79 Å². The first-order valence-corrected chi connectivity index (χ1v) is 8.39. The Morgan fingerprint density at radius 2 is 1.81 bits per heavy atom. The number of rotatable bonds is 7. The SMILES string of the molecule is CC=C(C(=O)O)c1ccccc1COC(C)=NOC(C)c1ccccc1. The number of carbonyl (C=O) groups is 1. The van der Waals surface area contributed by atoms with E-state index in [9.17, 15) is 9.90 Å². The lowest BCUT2D eigenvalue weighted by molar-refractivity contribution is -0.130. The Balaban J connectivity index is 2.01. The van der Waals surface area contributed by atoms with Crippen LogP contribution in [0.1, 0.15) is 43.6 Å². The van der Waals surface area contributed by atoms with Crippen LogP contribution in [0, 0.1) is 0 Å². The summed E-state index contributed by atoms with van der Waals surface area (Å²) in [6, 6.07) is 17.0. The number of benzene rings is 2. The highest BCUT2D eigenvalue weighted by molar-refractivity contribution is 6.15. The maximum atomic E-state index is 11.4. The minimum atomic E-state index is -0.967. The van der Waals surface area contributed by atoms with E-state index in [2.05, 4.69) is 5.16 Å². The van der Waals surface area contributed by atoms with Gasteiger partial charge in [-0.15, -0.1) is 0 Å². The maximum absolute atomic E-state index is 11.4. The molecular formula is C21H23NO4. The van der Waals surface area contributed by atoms with Gasteiger partial charge in [0.2, 0.25) is 5.90 Å². The predicted molar refractivity (Wildman–Crippen MR) is 102 cm³/mol. The molecule has 0 aromatic heterocycles. The molecule has 0 aliphatic rings. The van der Waals surface area contributed by atoms with E-state index in [1.54, 1.807) is 32.1 Å². The summed E-state index contributed by atoms with van der Waals surface area (Å²) < 4.78 is 5.63. The Labute approximate surface area is 153 Å². The first kappa shape index (κ1) is 19.2. The molecule has 1 atom stereocenters. The molecule has 5 nitrogen and oxygen atoms in total. The van der Waals surface area contributed by atoms with Gasteiger partial charge in [0.15, 0.2) is 0 Å². The van der Waals surface area contributed by atoms with Gasteiger partial charge >= 0.3 is 5.97 Å². The first-order chi connectivity index (χ1) is 12.5. The summed E-state index contributed by atoms with van der Waals surface area (Å²) in [5, 5.41) is 13.3. The van der Waals surface area contributed by atoms with Gasteiger partial charge in [0.05, 0.1) is 5.57 Å². The third kappa shape index (κ3) is 5.21. The van der Waals surface area contributed by atoms with Gasteiger partial charge in [0.25, 0.3) is 0 Å². The molecule has 0 heterocycles. The summed E-state index contributed by atoms with van der Waals surface area (Å²) in [5.41, 5.74) is 2.67. The molecule has 2 aromatic carbocycles. The minimum Gasteiger partial charge on any atom is -0.478 e. The fraction of sp³-hybridized carbons (Fsp3) is 0.238. The average molecular weight is 353 g/mol. The highest BCUT2D eigenvalue weighted by Gasteiger charge is 2.13. The number of hydrogen-bond donors (Lipinski definition) is 1. The Hall–Kier alpha value is -3.08. The number of oxime groups is 1. The van der Waals surface area contributed by atoms with Crippen LogP contribution in [0.25, 0.3) is 5.57 Å². The van der Waals surface area contributed by atoms with Crippen molar-refractivity contribution in [3.8, 4) is 0 Å². The van der Waals surface area contributed by atoms with Crippen LogP contribution in [0.3, 0.4) is 0 Å². The number of nitrogens with zero attached hydrogens (tertiary/aromatic N) is 1. The largest absolute Gasteiger partial charge is 0.478 e. The summed E-state index contributed by atoms with van der Waals surface area (Å²) in [7, 11) is 0. The highest BCUT2D eigenvalue weighted by atomic mass is 16.7. The van der Waals surface area contributed by atoms with Crippen molar-refractivity contribution in [3.05, 3.63) is 77.4 Å². The fourth-order valence-corrected chi connectivity index (χ4v) is 2.45. The van der Waals surface area contributed by atoms with Crippen LogP contribution in [0.4, 0.5) is 0 Å². The fourth-order valence-electron chi connectivity index (χ4n) is 2.45. The molecule has 0 fully saturated rings. The van der Waals surface area contributed by atoms with Gasteiger partial charge in [-0.2, -0.15) is 0 Å². The number of carboxylic acid groups (broad SMARTS) is 1. The Bertz CT molecular complexity index is 797. The molecule has 0 saturated carbocycles. The first-order valence-electron chi connectivity index (χ1n) is 8.39. The maximum Gasteiger partial charge on any atom is 0.335 e. The lowest BCUT2D eigenvalue weighted by Crippen LogP contribution is -2.07. The van der Waals surface area contributed by atoms with Gasteiger partial charge < -0.3 is 14.7 Å². The van der Waals surface area contributed by atoms with E-state index in [1.165, 1.54) is 0 Å². The van der Waals surface area contributed by atoms with Crippen molar-refractivity contribution >= 4 is 17.4 Å². The highest BCUT2D eigenvalue weighted by Crippen LogP contribution is 2.21. The van der Waals surface area contributed by atoms with Gasteiger partial charge in [-0.3, -0.25) is 0 Å². The standard InChI is InChI=1S/C21H23NO4/c1-4-19(21(23)24)20-13-9-8-12-18(20)14-25-16(3)22-26-15(2)17-10-6-5-7-11-17/h4-13,15H,14H2,1-3H3,(H,23,24). The number of allylic oxidation sites excluding steroid dienone is 1. The van der Waals surface area contributed by atoms with Crippen molar-refractivity contribution in [3.63, 3.8) is 0 Å².